The number of ether oxygens (including phenoxy) is 1. The van der Waals surface area contributed by atoms with Gasteiger partial charge in [-0.1, -0.05) is 6.07 Å². The first-order valence-electron chi connectivity index (χ1n) is 11.3. The molecule has 4 N–H and O–H groups in total. The minimum absolute atomic E-state index is 0.290. The fraction of sp³-hybridized carbons (Fsp3) is 0.591. The number of aromatic nitrogens is 4. The standard InChI is InChI=1S/C22H27N5O4S/c28-8-13-18(29)19(30)22(31-13)27-10-25-17-20(23-9-24-21(17)27)26-16-12-5-3-11(4-6-12)15(16)14-2-1-7-32-14/h1-2,7,9-13,15-16,18-19,22,28-30H,3-6,8H2,(H,23,24,26)/t11?,12?,13-,15?,16?,18-,19-,22-/m1/s1. The van der Waals surface area contributed by atoms with Crippen LogP contribution in [0, 0.1) is 11.8 Å². The van der Waals surface area contributed by atoms with Crippen molar-refractivity contribution in [3.05, 3.63) is 35.0 Å². The molecule has 32 heavy (non-hydrogen) atoms. The Morgan fingerprint density at radius 3 is 2.62 bits per heavy atom. The molecule has 0 amide bonds. The van der Waals surface area contributed by atoms with Crippen molar-refractivity contribution >= 4 is 28.3 Å². The molecule has 1 aliphatic heterocycles. The van der Waals surface area contributed by atoms with Gasteiger partial charge in [0.25, 0.3) is 0 Å². The summed E-state index contributed by atoms with van der Waals surface area (Å²) in [4.78, 5) is 14.9. The lowest BCUT2D eigenvalue weighted by Crippen LogP contribution is -2.46. The summed E-state index contributed by atoms with van der Waals surface area (Å²) in [7, 11) is 0. The molecule has 3 aliphatic carbocycles. The molecule has 3 aromatic heterocycles. The van der Waals surface area contributed by atoms with E-state index in [0.29, 0.717) is 40.8 Å². The van der Waals surface area contributed by atoms with Crippen LogP contribution in [0.5, 0.6) is 0 Å². The SMILES string of the molecule is OC[C@H]1O[C@@H](n2cnc3c(NC4C5CCC(CC5)C4c4cccs4)ncnc32)[C@H](O)[C@@H]1O. The number of imidazole rings is 1. The summed E-state index contributed by atoms with van der Waals surface area (Å²) in [5, 5.41) is 35.9. The molecular formula is C22H27N5O4S. The average Bonchev–Trinajstić information content (AvgIpc) is 3.56. The van der Waals surface area contributed by atoms with Gasteiger partial charge in [-0.2, -0.15) is 0 Å². The van der Waals surface area contributed by atoms with Crippen LogP contribution in [0.3, 0.4) is 0 Å². The fourth-order valence-corrected chi connectivity index (χ4v) is 6.93. The van der Waals surface area contributed by atoms with E-state index in [9.17, 15) is 15.3 Å². The summed E-state index contributed by atoms with van der Waals surface area (Å²) in [5.41, 5.74) is 1.13. The Labute approximate surface area is 189 Å². The number of aliphatic hydroxyl groups is 3. The zero-order chi connectivity index (χ0) is 21.8. The van der Waals surface area contributed by atoms with Crippen molar-refractivity contribution in [2.75, 3.05) is 11.9 Å². The Morgan fingerprint density at radius 2 is 1.91 bits per heavy atom. The zero-order valence-corrected chi connectivity index (χ0v) is 18.3. The molecule has 3 aromatic rings. The maximum Gasteiger partial charge on any atom is 0.167 e. The summed E-state index contributed by atoms with van der Waals surface area (Å²) < 4.78 is 7.28. The highest BCUT2D eigenvalue weighted by Crippen LogP contribution is 2.51. The van der Waals surface area contributed by atoms with Crippen LogP contribution < -0.4 is 5.32 Å². The molecule has 2 unspecified atom stereocenters. The number of fused-ring (bicyclic) bond motifs is 4. The Hall–Kier alpha value is -2.11. The van der Waals surface area contributed by atoms with Gasteiger partial charge in [0.1, 0.15) is 24.6 Å². The van der Waals surface area contributed by atoms with Gasteiger partial charge in [-0.15, -0.1) is 11.3 Å². The number of thiophene rings is 1. The van der Waals surface area contributed by atoms with E-state index in [4.69, 9.17) is 4.74 Å². The fourth-order valence-electron chi connectivity index (χ4n) is 5.96. The minimum Gasteiger partial charge on any atom is -0.394 e. The van der Waals surface area contributed by atoms with Crippen LogP contribution in [-0.2, 0) is 4.74 Å². The molecular weight excluding hydrogens is 430 g/mol. The smallest absolute Gasteiger partial charge is 0.167 e. The van der Waals surface area contributed by atoms with Crippen molar-refractivity contribution in [2.45, 2.75) is 62.2 Å². The van der Waals surface area contributed by atoms with Gasteiger partial charge < -0.3 is 25.4 Å². The Kier molecular flexibility index (Phi) is 5.14. The van der Waals surface area contributed by atoms with E-state index in [1.165, 1.54) is 36.9 Å². The molecule has 6 atom stereocenters. The maximum absolute atomic E-state index is 10.4. The lowest BCUT2D eigenvalue weighted by atomic mass is 9.61. The van der Waals surface area contributed by atoms with Crippen LogP contribution in [0.15, 0.2) is 30.2 Å². The second kappa shape index (κ2) is 8.03. The second-order valence-electron chi connectivity index (χ2n) is 9.16. The van der Waals surface area contributed by atoms with E-state index >= 15 is 0 Å². The van der Waals surface area contributed by atoms with Gasteiger partial charge in [-0.05, 0) is 49.0 Å². The number of rotatable bonds is 5. The molecule has 170 valence electrons. The highest BCUT2D eigenvalue weighted by molar-refractivity contribution is 7.10. The summed E-state index contributed by atoms with van der Waals surface area (Å²) in [6.07, 6.45) is 3.98. The summed E-state index contributed by atoms with van der Waals surface area (Å²) in [6, 6.07) is 4.67. The molecule has 9 nitrogen and oxygen atoms in total. The number of anilines is 1. The monoisotopic (exact) mass is 457 g/mol. The van der Waals surface area contributed by atoms with Gasteiger partial charge in [-0.3, -0.25) is 4.57 Å². The third kappa shape index (κ3) is 3.16. The van der Waals surface area contributed by atoms with Gasteiger partial charge in [0, 0.05) is 16.8 Å². The van der Waals surface area contributed by atoms with Crippen molar-refractivity contribution in [1.82, 2.24) is 19.5 Å². The third-order valence-corrected chi connectivity index (χ3v) is 8.52. The van der Waals surface area contributed by atoms with Crippen molar-refractivity contribution in [1.29, 1.82) is 0 Å². The molecule has 7 rings (SSSR count). The van der Waals surface area contributed by atoms with Crippen molar-refractivity contribution in [3.8, 4) is 0 Å². The van der Waals surface area contributed by atoms with E-state index in [-0.39, 0.29) is 6.61 Å². The van der Waals surface area contributed by atoms with Gasteiger partial charge >= 0.3 is 0 Å². The molecule has 0 radical (unpaired) electrons. The van der Waals surface area contributed by atoms with Gasteiger partial charge in [-0.25, -0.2) is 15.0 Å². The maximum atomic E-state index is 10.4. The molecule has 4 aliphatic rings. The summed E-state index contributed by atoms with van der Waals surface area (Å²) in [6.45, 7) is -0.377. The predicted octanol–water partition coefficient (Wildman–Crippen LogP) is 1.88. The number of hydrogen-bond acceptors (Lipinski definition) is 9. The lowest BCUT2D eigenvalue weighted by molar-refractivity contribution is -0.0511. The van der Waals surface area contributed by atoms with Crippen LogP contribution in [0.2, 0.25) is 0 Å². The van der Waals surface area contributed by atoms with E-state index in [1.54, 1.807) is 10.9 Å². The minimum atomic E-state index is -1.19. The van der Waals surface area contributed by atoms with Crippen LogP contribution >= 0.6 is 11.3 Å². The first kappa shape index (κ1) is 20.5. The number of hydrogen-bond donors (Lipinski definition) is 4. The van der Waals surface area contributed by atoms with Gasteiger partial charge in [0.05, 0.1) is 12.9 Å². The first-order valence-corrected chi connectivity index (χ1v) is 12.1. The predicted molar refractivity (Wildman–Crippen MR) is 118 cm³/mol. The van der Waals surface area contributed by atoms with Crippen LogP contribution in [0.1, 0.15) is 42.7 Å². The number of nitrogens with one attached hydrogen (secondary N) is 1. The van der Waals surface area contributed by atoms with Gasteiger partial charge in [0.2, 0.25) is 0 Å². The molecule has 1 saturated heterocycles. The Morgan fingerprint density at radius 1 is 1.09 bits per heavy atom. The van der Waals surface area contributed by atoms with Crippen molar-refractivity contribution in [2.24, 2.45) is 11.8 Å². The molecule has 4 fully saturated rings. The molecule has 0 aromatic carbocycles. The quantitative estimate of drug-likeness (QED) is 0.458. The van der Waals surface area contributed by atoms with Crippen molar-refractivity contribution < 1.29 is 20.1 Å². The van der Waals surface area contributed by atoms with Crippen LogP contribution in [0.4, 0.5) is 5.82 Å². The molecule has 0 spiro atoms. The summed E-state index contributed by atoms with van der Waals surface area (Å²) in [5.74, 6) is 2.43. The number of nitrogens with zero attached hydrogens (tertiary/aromatic N) is 4. The topological polar surface area (TPSA) is 126 Å². The van der Waals surface area contributed by atoms with E-state index in [1.807, 2.05) is 11.3 Å². The number of aliphatic hydroxyl groups excluding tert-OH is 3. The van der Waals surface area contributed by atoms with Crippen molar-refractivity contribution in [3.63, 3.8) is 0 Å². The third-order valence-electron chi connectivity index (χ3n) is 7.54. The average molecular weight is 458 g/mol. The second-order valence-corrected chi connectivity index (χ2v) is 10.1. The van der Waals surface area contributed by atoms with Gasteiger partial charge in [0.15, 0.2) is 23.2 Å². The van der Waals surface area contributed by atoms with E-state index < -0.39 is 24.5 Å². The zero-order valence-electron chi connectivity index (χ0n) is 17.5. The largest absolute Gasteiger partial charge is 0.394 e. The lowest BCUT2D eigenvalue weighted by Gasteiger charge is -2.48. The molecule has 2 bridgehead atoms. The molecule has 10 heteroatoms. The van der Waals surface area contributed by atoms with E-state index in [0.717, 1.165) is 0 Å². The highest BCUT2D eigenvalue weighted by Gasteiger charge is 2.46. The van der Waals surface area contributed by atoms with Crippen LogP contribution in [-0.4, -0.2) is 65.8 Å². The van der Waals surface area contributed by atoms with Crippen LogP contribution in [0.25, 0.3) is 11.2 Å². The summed E-state index contributed by atoms with van der Waals surface area (Å²) >= 11 is 1.83. The normalized spacial score (nSPS) is 36.7. The molecule has 3 saturated carbocycles. The van der Waals surface area contributed by atoms with E-state index in [2.05, 4.69) is 37.8 Å². The Balaban J connectivity index is 1.33. The Bertz CT molecular complexity index is 1080. The first-order chi connectivity index (χ1) is 15.7. The molecule has 4 heterocycles. The highest BCUT2D eigenvalue weighted by atomic mass is 32.1.